The van der Waals surface area contributed by atoms with E-state index in [1.165, 1.54) is 12.3 Å². The summed E-state index contributed by atoms with van der Waals surface area (Å²) in [5.74, 6) is -0.171. The average molecular weight is 291 g/mol. The van der Waals surface area contributed by atoms with E-state index in [-0.39, 0.29) is 24.7 Å². The van der Waals surface area contributed by atoms with Crippen LogP contribution in [0.4, 0.5) is 4.39 Å². The van der Waals surface area contributed by atoms with Crippen molar-refractivity contribution in [1.82, 2.24) is 5.32 Å². The van der Waals surface area contributed by atoms with E-state index < -0.39 is 5.60 Å². The van der Waals surface area contributed by atoms with E-state index >= 15 is 0 Å². The third kappa shape index (κ3) is 4.16. The molecule has 1 aromatic carbocycles. The standard InChI is InChI=1S/C16H18FNO3/c1-16(20,14-7-4-10-21-14)11-18-15(19)9-8-12-5-2-3-6-13(12)17/h2-7,10,20H,8-9,11H2,1H3,(H,18,19)/t16-/m1/s1. The predicted molar refractivity (Wildman–Crippen MR) is 76.0 cm³/mol. The first-order chi connectivity index (χ1) is 9.99. The average Bonchev–Trinajstić information content (AvgIpc) is 2.99. The second-order valence-corrected chi connectivity index (χ2v) is 5.12. The number of carbonyl (C=O) groups excluding carboxylic acids is 1. The first kappa shape index (κ1) is 15.3. The van der Waals surface area contributed by atoms with Crippen LogP contribution in [0.5, 0.6) is 0 Å². The Morgan fingerprint density at radius 1 is 1.33 bits per heavy atom. The number of aryl methyl sites for hydroxylation is 1. The Morgan fingerprint density at radius 2 is 2.10 bits per heavy atom. The van der Waals surface area contributed by atoms with Crippen LogP contribution in [0, 0.1) is 5.82 Å². The van der Waals surface area contributed by atoms with Gasteiger partial charge in [-0.15, -0.1) is 0 Å². The lowest BCUT2D eigenvalue weighted by molar-refractivity contribution is -0.122. The van der Waals surface area contributed by atoms with Crippen molar-refractivity contribution in [3.63, 3.8) is 0 Å². The van der Waals surface area contributed by atoms with Gasteiger partial charge in [0.25, 0.3) is 0 Å². The molecule has 1 heterocycles. The van der Waals surface area contributed by atoms with E-state index in [0.29, 0.717) is 17.7 Å². The highest BCUT2D eigenvalue weighted by Gasteiger charge is 2.26. The summed E-state index contributed by atoms with van der Waals surface area (Å²) in [5, 5.41) is 12.8. The van der Waals surface area contributed by atoms with Crippen molar-refractivity contribution in [3.05, 3.63) is 59.8 Å². The van der Waals surface area contributed by atoms with Gasteiger partial charge in [0.1, 0.15) is 17.2 Å². The number of hydrogen-bond acceptors (Lipinski definition) is 3. The van der Waals surface area contributed by atoms with E-state index in [9.17, 15) is 14.3 Å². The number of carbonyl (C=O) groups is 1. The second kappa shape index (κ2) is 6.54. The first-order valence-electron chi connectivity index (χ1n) is 6.75. The maximum Gasteiger partial charge on any atom is 0.220 e. The third-order valence-corrected chi connectivity index (χ3v) is 3.26. The monoisotopic (exact) mass is 291 g/mol. The predicted octanol–water partition coefficient (Wildman–Crippen LogP) is 2.38. The quantitative estimate of drug-likeness (QED) is 0.859. The van der Waals surface area contributed by atoms with E-state index in [0.717, 1.165) is 0 Å². The molecule has 2 rings (SSSR count). The van der Waals surface area contributed by atoms with Crippen LogP contribution in [0.25, 0.3) is 0 Å². The number of nitrogens with one attached hydrogen (secondary N) is 1. The van der Waals surface area contributed by atoms with Gasteiger partial charge in [-0.1, -0.05) is 18.2 Å². The molecule has 5 heteroatoms. The molecule has 0 radical (unpaired) electrons. The Morgan fingerprint density at radius 3 is 2.76 bits per heavy atom. The lowest BCUT2D eigenvalue weighted by Crippen LogP contribution is -2.38. The Bertz CT molecular complexity index is 593. The molecule has 0 spiro atoms. The van der Waals surface area contributed by atoms with Gasteiger partial charge in [0, 0.05) is 6.42 Å². The number of aliphatic hydroxyl groups is 1. The number of furan rings is 1. The molecule has 1 aromatic heterocycles. The van der Waals surface area contributed by atoms with Gasteiger partial charge in [0.2, 0.25) is 5.91 Å². The summed E-state index contributed by atoms with van der Waals surface area (Å²) < 4.78 is 18.5. The van der Waals surface area contributed by atoms with E-state index in [4.69, 9.17) is 4.42 Å². The molecule has 0 fully saturated rings. The van der Waals surface area contributed by atoms with Crippen LogP contribution in [0.15, 0.2) is 47.1 Å². The van der Waals surface area contributed by atoms with E-state index in [1.807, 2.05) is 0 Å². The fraction of sp³-hybridized carbons (Fsp3) is 0.312. The van der Waals surface area contributed by atoms with Crippen LogP contribution in [0.3, 0.4) is 0 Å². The molecule has 0 saturated heterocycles. The summed E-state index contributed by atoms with van der Waals surface area (Å²) >= 11 is 0. The molecule has 112 valence electrons. The van der Waals surface area contributed by atoms with E-state index in [1.54, 1.807) is 37.3 Å². The Hall–Kier alpha value is -2.14. The van der Waals surface area contributed by atoms with Crippen LogP contribution in [-0.2, 0) is 16.8 Å². The molecule has 0 saturated carbocycles. The summed E-state index contributed by atoms with van der Waals surface area (Å²) in [6.07, 6.45) is 1.94. The third-order valence-electron chi connectivity index (χ3n) is 3.26. The van der Waals surface area contributed by atoms with Crippen LogP contribution >= 0.6 is 0 Å². The zero-order valence-corrected chi connectivity index (χ0v) is 11.8. The summed E-state index contributed by atoms with van der Waals surface area (Å²) in [5.41, 5.74) is -0.762. The molecular formula is C16H18FNO3. The SMILES string of the molecule is C[C@@](O)(CNC(=O)CCc1ccccc1F)c1ccco1. The van der Waals surface area contributed by atoms with Crippen molar-refractivity contribution in [1.29, 1.82) is 0 Å². The fourth-order valence-corrected chi connectivity index (χ4v) is 1.98. The zero-order valence-electron chi connectivity index (χ0n) is 11.8. The van der Waals surface area contributed by atoms with Gasteiger partial charge in [0.05, 0.1) is 12.8 Å². The highest BCUT2D eigenvalue weighted by atomic mass is 19.1. The van der Waals surface area contributed by atoms with Crippen molar-refractivity contribution in [3.8, 4) is 0 Å². The highest BCUT2D eigenvalue weighted by Crippen LogP contribution is 2.19. The molecule has 0 aliphatic rings. The largest absolute Gasteiger partial charge is 0.466 e. The first-order valence-corrected chi connectivity index (χ1v) is 6.75. The molecule has 0 bridgehead atoms. The molecule has 21 heavy (non-hydrogen) atoms. The van der Waals surface area contributed by atoms with Crippen LogP contribution in [0.1, 0.15) is 24.7 Å². The summed E-state index contributed by atoms with van der Waals surface area (Å²) in [6.45, 7) is 1.60. The molecule has 0 aliphatic heterocycles. The summed E-state index contributed by atoms with van der Waals surface area (Å²) in [4.78, 5) is 11.8. The minimum absolute atomic E-state index is 0.0383. The normalized spacial score (nSPS) is 13.7. The van der Waals surface area contributed by atoms with Crippen LogP contribution in [0.2, 0.25) is 0 Å². The molecule has 0 unspecified atom stereocenters. The Labute approximate surface area is 122 Å². The smallest absolute Gasteiger partial charge is 0.220 e. The maximum atomic E-state index is 13.4. The molecule has 4 nitrogen and oxygen atoms in total. The van der Waals surface area contributed by atoms with Crippen molar-refractivity contribution in [2.75, 3.05) is 6.54 Å². The van der Waals surface area contributed by atoms with Gasteiger partial charge in [-0.25, -0.2) is 4.39 Å². The van der Waals surface area contributed by atoms with Gasteiger partial charge in [-0.3, -0.25) is 4.79 Å². The van der Waals surface area contributed by atoms with Crippen molar-refractivity contribution < 1.29 is 18.7 Å². The lowest BCUT2D eigenvalue weighted by Gasteiger charge is -2.21. The Balaban J connectivity index is 1.82. The molecule has 1 amide bonds. The van der Waals surface area contributed by atoms with Gasteiger partial charge in [-0.05, 0) is 37.1 Å². The number of amides is 1. The molecule has 1 atom stereocenters. The Kier molecular flexibility index (Phi) is 4.75. The fourth-order valence-electron chi connectivity index (χ4n) is 1.98. The van der Waals surface area contributed by atoms with Gasteiger partial charge in [-0.2, -0.15) is 0 Å². The number of benzene rings is 1. The summed E-state index contributed by atoms with van der Waals surface area (Å²) in [6, 6.07) is 9.68. The molecule has 2 N–H and O–H groups in total. The molecule has 2 aromatic rings. The molecular weight excluding hydrogens is 273 g/mol. The second-order valence-electron chi connectivity index (χ2n) is 5.12. The number of rotatable bonds is 6. The van der Waals surface area contributed by atoms with Crippen molar-refractivity contribution in [2.24, 2.45) is 0 Å². The lowest BCUT2D eigenvalue weighted by atomic mass is 10.0. The minimum atomic E-state index is -1.27. The van der Waals surface area contributed by atoms with Crippen LogP contribution < -0.4 is 5.32 Å². The zero-order chi connectivity index (χ0) is 15.3. The minimum Gasteiger partial charge on any atom is -0.466 e. The summed E-state index contributed by atoms with van der Waals surface area (Å²) in [7, 11) is 0. The highest BCUT2D eigenvalue weighted by molar-refractivity contribution is 5.76. The van der Waals surface area contributed by atoms with Gasteiger partial charge < -0.3 is 14.8 Å². The van der Waals surface area contributed by atoms with Crippen LogP contribution in [-0.4, -0.2) is 17.6 Å². The van der Waals surface area contributed by atoms with Crippen molar-refractivity contribution >= 4 is 5.91 Å². The van der Waals surface area contributed by atoms with Crippen molar-refractivity contribution in [2.45, 2.75) is 25.4 Å². The maximum absolute atomic E-state index is 13.4. The molecule has 0 aliphatic carbocycles. The number of hydrogen-bond donors (Lipinski definition) is 2. The number of halogens is 1. The topological polar surface area (TPSA) is 62.5 Å². The van der Waals surface area contributed by atoms with E-state index in [2.05, 4.69) is 5.32 Å². The van der Waals surface area contributed by atoms with Gasteiger partial charge >= 0.3 is 0 Å². The van der Waals surface area contributed by atoms with Gasteiger partial charge in [0.15, 0.2) is 0 Å².